The van der Waals surface area contributed by atoms with Crippen molar-refractivity contribution >= 4 is 21.9 Å². The molecule has 2 rings (SSSR count). The molecule has 0 spiro atoms. The molecule has 0 bridgehead atoms. The van der Waals surface area contributed by atoms with Crippen molar-refractivity contribution in [1.82, 2.24) is 0 Å². The molecule has 5 heteroatoms. The minimum absolute atomic E-state index is 0.0525. The topological polar surface area (TPSA) is 70.3 Å². The number of hydrogen-bond donors (Lipinski definition) is 1. The van der Waals surface area contributed by atoms with Crippen molar-refractivity contribution in [1.29, 1.82) is 5.26 Å². The predicted molar refractivity (Wildman–Crippen MR) is 72.3 cm³/mol. The lowest BCUT2D eigenvalue weighted by Gasteiger charge is -2.09. The highest BCUT2D eigenvalue weighted by molar-refractivity contribution is 9.10. The average molecular weight is 318 g/mol. The number of nitrogens with zero attached hydrogens (tertiary/aromatic N) is 1. The maximum absolute atomic E-state index is 11.1. The number of carboxylic acids is 1. The molecule has 0 saturated heterocycles. The number of carboxylic acid groups (broad SMARTS) is 1. The minimum atomic E-state index is -1.08. The molecule has 4 nitrogen and oxygen atoms in total. The minimum Gasteiger partial charge on any atom is -0.478 e. The van der Waals surface area contributed by atoms with Gasteiger partial charge in [0.1, 0.15) is 17.1 Å². The highest BCUT2D eigenvalue weighted by Gasteiger charge is 2.12. The fourth-order valence-electron chi connectivity index (χ4n) is 1.51. The van der Waals surface area contributed by atoms with Crippen LogP contribution < -0.4 is 4.74 Å². The van der Waals surface area contributed by atoms with E-state index in [-0.39, 0.29) is 11.3 Å². The molecule has 0 aliphatic rings. The molecule has 0 heterocycles. The van der Waals surface area contributed by atoms with Gasteiger partial charge in [-0.15, -0.1) is 0 Å². The van der Waals surface area contributed by atoms with Gasteiger partial charge in [0, 0.05) is 4.47 Å². The summed E-state index contributed by atoms with van der Waals surface area (Å²) in [6.07, 6.45) is 0. The first-order chi connectivity index (χ1) is 9.10. The van der Waals surface area contributed by atoms with E-state index < -0.39 is 5.97 Å². The number of ether oxygens (including phenoxy) is 1. The van der Waals surface area contributed by atoms with Gasteiger partial charge in [0.15, 0.2) is 0 Å². The number of benzene rings is 2. The third kappa shape index (κ3) is 3.12. The summed E-state index contributed by atoms with van der Waals surface area (Å²) < 4.78 is 6.17. The van der Waals surface area contributed by atoms with Crippen LogP contribution in [0.2, 0.25) is 0 Å². The summed E-state index contributed by atoms with van der Waals surface area (Å²) in [6.45, 7) is 0. The van der Waals surface area contributed by atoms with E-state index in [1.54, 1.807) is 36.4 Å². The summed E-state index contributed by atoms with van der Waals surface area (Å²) in [5.74, 6) is -0.428. The monoisotopic (exact) mass is 317 g/mol. The zero-order valence-corrected chi connectivity index (χ0v) is 11.2. The lowest BCUT2D eigenvalue weighted by molar-refractivity contribution is 0.0694. The molecule has 0 atom stereocenters. The summed E-state index contributed by atoms with van der Waals surface area (Å²) in [5.41, 5.74) is 0.503. The van der Waals surface area contributed by atoms with Crippen molar-refractivity contribution < 1.29 is 14.6 Å². The smallest absolute Gasteiger partial charge is 0.339 e. The lowest BCUT2D eigenvalue weighted by atomic mass is 10.2. The second-order valence-corrected chi connectivity index (χ2v) is 4.60. The van der Waals surface area contributed by atoms with Gasteiger partial charge in [-0.3, -0.25) is 0 Å². The molecule has 0 aromatic heterocycles. The molecule has 19 heavy (non-hydrogen) atoms. The summed E-state index contributed by atoms with van der Waals surface area (Å²) in [5, 5.41) is 17.9. The third-order valence-electron chi connectivity index (χ3n) is 2.36. The average Bonchev–Trinajstić information content (AvgIpc) is 2.41. The van der Waals surface area contributed by atoms with Gasteiger partial charge >= 0.3 is 5.97 Å². The molecule has 0 unspecified atom stereocenters. The van der Waals surface area contributed by atoms with Gasteiger partial charge in [-0.2, -0.15) is 5.26 Å². The highest BCUT2D eigenvalue weighted by Crippen LogP contribution is 2.28. The largest absolute Gasteiger partial charge is 0.478 e. The fraction of sp³-hybridized carbons (Fsp3) is 0. The zero-order valence-electron chi connectivity index (χ0n) is 9.63. The normalized spacial score (nSPS) is 9.68. The van der Waals surface area contributed by atoms with E-state index >= 15 is 0 Å². The maximum Gasteiger partial charge on any atom is 0.339 e. The van der Waals surface area contributed by atoms with Crippen molar-refractivity contribution in [2.45, 2.75) is 0 Å². The van der Waals surface area contributed by atoms with Gasteiger partial charge in [-0.25, -0.2) is 4.79 Å². The second kappa shape index (κ2) is 5.55. The number of carbonyl (C=O) groups is 1. The zero-order chi connectivity index (χ0) is 13.8. The Labute approximate surface area is 118 Å². The maximum atomic E-state index is 11.1. The van der Waals surface area contributed by atoms with Crippen LogP contribution in [-0.2, 0) is 0 Å². The Morgan fingerprint density at radius 1 is 1.26 bits per heavy atom. The highest BCUT2D eigenvalue weighted by atomic mass is 79.9. The van der Waals surface area contributed by atoms with E-state index in [4.69, 9.17) is 15.1 Å². The first-order valence-corrected chi connectivity index (χ1v) is 6.10. The van der Waals surface area contributed by atoms with Crippen LogP contribution in [-0.4, -0.2) is 11.1 Å². The van der Waals surface area contributed by atoms with E-state index in [0.717, 1.165) is 0 Å². The van der Waals surface area contributed by atoms with Gasteiger partial charge in [0.2, 0.25) is 0 Å². The van der Waals surface area contributed by atoms with Crippen molar-refractivity contribution in [3.63, 3.8) is 0 Å². The molecule has 0 amide bonds. The van der Waals surface area contributed by atoms with Crippen molar-refractivity contribution in [2.75, 3.05) is 0 Å². The molecule has 0 fully saturated rings. The fourth-order valence-corrected chi connectivity index (χ4v) is 1.88. The third-order valence-corrected chi connectivity index (χ3v) is 2.86. The van der Waals surface area contributed by atoms with E-state index in [0.29, 0.717) is 15.8 Å². The van der Waals surface area contributed by atoms with Crippen LogP contribution >= 0.6 is 15.9 Å². The molecular formula is C14H8BrNO3. The number of hydrogen-bond acceptors (Lipinski definition) is 3. The van der Waals surface area contributed by atoms with E-state index in [1.165, 1.54) is 6.07 Å². The van der Waals surface area contributed by atoms with Crippen LogP contribution in [0.15, 0.2) is 46.9 Å². The van der Waals surface area contributed by atoms with E-state index in [1.807, 2.05) is 6.07 Å². The molecule has 0 saturated carbocycles. The van der Waals surface area contributed by atoms with Crippen LogP contribution in [0.1, 0.15) is 15.9 Å². The predicted octanol–water partition coefficient (Wildman–Crippen LogP) is 3.81. The summed E-state index contributed by atoms with van der Waals surface area (Å²) in [7, 11) is 0. The van der Waals surface area contributed by atoms with Crippen LogP contribution in [0.25, 0.3) is 0 Å². The molecule has 94 valence electrons. The Balaban J connectivity index is 2.38. The van der Waals surface area contributed by atoms with Crippen molar-refractivity contribution in [3.05, 3.63) is 58.1 Å². The Morgan fingerprint density at radius 2 is 2.05 bits per heavy atom. The van der Waals surface area contributed by atoms with Crippen molar-refractivity contribution in [2.24, 2.45) is 0 Å². The lowest BCUT2D eigenvalue weighted by Crippen LogP contribution is -2.00. The Morgan fingerprint density at radius 3 is 2.74 bits per heavy atom. The van der Waals surface area contributed by atoms with Gasteiger partial charge in [0.25, 0.3) is 0 Å². The summed E-state index contributed by atoms with van der Waals surface area (Å²) >= 11 is 3.21. The number of halogens is 1. The van der Waals surface area contributed by atoms with Gasteiger partial charge < -0.3 is 9.84 Å². The Bertz CT molecular complexity index is 677. The summed E-state index contributed by atoms with van der Waals surface area (Å²) in [6, 6.07) is 13.2. The Hall–Kier alpha value is -2.32. The number of aromatic carboxylic acids is 1. The first-order valence-electron chi connectivity index (χ1n) is 5.31. The Kier molecular flexibility index (Phi) is 3.83. The van der Waals surface area contributed by atoms with Crippen LogP contribution in [0.3, 0.4) is 0 Å². The molecule has 1 N–H and O–H groups in total. The quantitative estimate of drug-likeness (QED) is 0.934. The van der Waals surface area contributed by atoms with Crippen molar-refractivity contribution in [3.8, 4) is 17.6 Å². The van der Waals surface area contributed by atoms with E-state index in [2.05, 4.69) is 15.9 Å². The van der Waals surface area contributed by atoms with Crippen LogP contribution in [0.5, 0.6) is 11.5 Å². The molecule has 0 aliphatic heterocycles. The summed E-state index contributed by atoms with van der Waals surface area (Å²) in [4.78, 5) is 11.1. The van der Waals surface area contributed by atoms with Gasteiger partial charge in [-0.1, -0.05) is 22.0 Å². The second-order valence-electron chi connectivity index (χ2n) is 3.69. The first kappa shape index (κ1) is 13.1. The standard InChI is InChI=1S/C14H8BrNO3/c15-10-4-5-13(12(7-10)14(17)18)19-11-3-1-2-9(6-11)8-16/h1-7H,(H,17,18). The van der Waals surface area contributed by atoms with Crippen LogP contribution in [0, 0.1) is 11.3 Å². The molecule has 2 aromatic rings. The number of nitriles is 1. The van der Waals surface area contributed by atoms with Crippen LogP contribution in [0.4, 0.5) is 0 Å². The molecular weight excluding hydrogens is 310 g/mol. The van der Waals surface area contributed by atoms with Gasteiger partial charge in [-0.05, 0) is 36.4 Å². The molecule has 2 aromatic carbocycles. The molecule has 0 aliphatic carbocycles. The SMILES string of the molecule is N#Cc1cccc(Oc2ccc(Br)cc2C(=O)O)c1. The van der Waals surface area contributed by atoms with Gasteiger partial charge in [0.05, 0.1) is 11.6 Å². The number of rotatable bonds is 3. The molecule has 0 radical (unpaired) electrons. The van der Waals surface area contributed by atoms with E-state index in [9.17, 15) is 4.79 Å².